The van der Waals surface area contributed by atoms with Crippen LogP contribution in [0.15, 0.2) is 30.3 Å². The van der Waals surface area contributed by atoms with Crippen molar-refractivity contribution in [3.05, 3.63) is 41.6 Å². The second-order valence-corrected chi connectivity index (χ2v) is 5.36. The molecular weight excluding hydrogens is 234 g/mol. The molecule has 0 amide bonds. The third-order valence-corrected chi connectivity index (χ3v) is 3.73. The van der Waals surface area contributed by atoms with Gasteiger partial charge in [0.15, 0.2) is 0 Å². The summed E-state index contributed by atoms with van der Waals surface area (Å²) in [4.78, 5) is 7.09. The third-order valence-electron chi connectivity index (χ3n) is 3.73. The number of rotatable bonds is 2. The molecule has 100 valence electrons. The van der Waals surface area contributed by atoms with Crippen molar-refractivity contribution in [3.63, 3.8) is 0 Å². The molecule has 1 aliphatic rings. The van der Waals surface area contributed by atoms with Gasteiger partial charge in [0, 0.05) is 30.7 Å². The monoisotopic (exact) mass is 255 g/mol. The number of benzene rings is 1. The molecule has 0 radical (unpaired) electrons. The van der Waals surface area contributed by atoms with Crippen LogP contribution >= 0.6 is 0 Å². The number of hydrogen-bond acceptors (Lipinski definition) is 3. The van der Waals surface area contributed by atoms with Crippen molar-refractivity contribution in [1.82, 2.24) is 15.2 Å². The lowest BCUT2D eigenvalue weighted by molar-refractivity contribution is 0.284. The molecule has 3 nitrogen and oxygen atoms in total. The zero-order chi connectivity index (χ0) is 13.1. The van der Waals surface area contributed by atoms with E-state index >= 15 is 0 Å². The largest absolute Gasteiger partial charge is 0.315 e. The standard InChI is InChI=1S/C16H21N3/c1-13-3-5-15-11-14(4-6-16(15)18-13)12-19-9-2-7-17-8-10-19/h3-6,11,17H,2,7-10,12H2,1H3. The van der Waals surface area contributed by atoms with E-state index in [9.17, 15) is 0 Å². The lowest BCUT2D eigenvalue weighted by Gasteiger charge is -2.19. The van der Waals surface area contributed by atoms with Crippen LogP contribution in [0.3, 0.4) is 0 Å². The zero-order valence-corrected chi connectivity index (χ0v) is 11.5. The minimum Gasteiger partial charge on any atom is -0.315 e. The Morgan fingerprint density at radius 1 is 1.16 bits per heavy atom. The number of pyridine rings is 1. The molecule has 1 saturated heterocycles. The SMILES string of the molecule is Cc1ccc2cc(CN3CCCNCC3)ccc2n1. The zero-order valence-electron chi connectivity index (χ0n) is 11.5. The second-order valence-electron chi connectivity index (χ2n) is 5.36. The normalized spacial score (nSPS) is 17.5. The van der Waals surface area contributed by atoms with E-state index in [1.54, 1.807) is 0 Å². The maximum atomic E-state index is 4.55. The summed E-state index contributed by atoms with van der Waals surface area (Å²) >= 11 is 0. The molecule has 1 aromatic carbocycles. The van der Waals surface area contributed by atoms with Gasteiger partial charge in [0.1, 0.15) is 0 Å². The van der Waals surface area contributed by atoms with E-state index in [2.05, 4.69) is 45.5 Å². The van der Waals surface area contributed by atoms with Crippen molar-refractivity contribution in [2.24, 2.45) is 0 Å². The molecule has 3 heteroatoms. The molecule has 19 heavy (non-hydrogen) atoms. The Kier molecular flexibility index (Phi) is 3.76. The summed E-state index contributed by atoms with van der Waals surface area (Å²) in [7, 11) is 0. The number of aryl methyl sites for hydroxylation is 1. The highest BCUT2D eigenvalue weighted by atomic mass is 15.1. The van der Waals surface area contributed by atoms with Gasteiger partial charge in [0.25, 0.3) is 0 Å². The van der Waals surface area contributed by atoms with Gasteiger partial charge < -0.3 is 5.32 Å². The van der Waals surface area contributed by atoms with Crippen molar-refractivity contribution in [2.75, 3.05) is 26.2 Å². The molecular formula is C16H21N3. The summed E-state index contributed by atoms with van der Waals surface area (Å²) in [5, 5.41) is 4.69. The molecule has 1 aliphatic heterocycles. The number of nitrogens with zero attached hydrogens (tertiary/aromatic N) is 2. The Bertz CT molecular complexity index is 557. The van der Waals surface area contributed by atoms with Gasteiger partial charge in [-0.1, -0.05) is 12.1 Å². The lowest BCUT2D eigenvalue weighted by Crippen LogP contribution is -2.27. The molecule has 0 spiro atoms. The van der Waals surface area contributed by atoms with E-state index in [0.717, 1.165) is 37.4 Å². The van der Waals surface area contributed by atoms with Crippen LogP contribution in [0, 0.1) is 6.92 Å². The van der Waals surface area contributed by atoms with Crippen LogP contribution in [0.1, 0.15) is 17.7 Å². The highest BCUT2D eigenvalue weighted by molar-refractivity contribution is 5.79. The van der Waals surface area contributed by atoms with Gasteiger partial charge in [-0.25, -0.2) is 0 Å². The van der Waals surface area contributed by atoms with Crippen molar-refractivity contribution in [1.29, 1.82) is 0 Å². The minimum atomic E-state index is 1.05. The van der Waals surface area contributed by atoms with Crippen LogP contribution in [-0.2, 0) is 6.54 Å². The smallest absolute Gasteiger partial charge is 0.0705 e. The Balaban J connectivity index is 1.78. The van der Waals surface area contributed by atoms with Crippen LogP contribution in [0.5, 0.6) is 0 Å². The first-order valence-corrected chi connectivity index (χ1v) is 7.11. The average Bonchev–Trinajstić information content (AvgIpc) is 2.68. The van der Waals surface area contributed by atoms with Crippen molar-refractivity contribution in [2.45, 2.75) is 19.9 Å². The quantitative estimate of drug-likeness (QED) is 0.893. The first kappa shape index (κ1) is 12.6. The van der Waals surface area contributed by atoms with Crippen LogP contribution in [0.2, 0.25) is 0 Å². The Hall–Kier alpha value is -1.45. The molecule has 1 aromatic heterocycles. The Labute approximate surface area is 114 Å². The first-order valence-electron chi connectivity index (χ1n) is 7.11. The Morgan fingerprint density at radius 3 is 3.05 bits per heavy atom. The number of aromatic nitrogens is 1. The van der Waals surface area contributed by atoms with E-state index < -0.39 is 0 Å². The number of hydrogen-bond donors (Lipinski definition) is 1. The van der Waals surface area contributed by atoms with Gasteiger partial charge in [0.2, 0.25) is 0 Å². The fourth-order valence-electron chi connectivity index (χ4n) is 2.69. The highest BCUT2D eigenvalue weighted by Crippen LogP contribution is 2.16. The summed E-state index contributed by atoms with van der Waals surface area (Å²) in [5.74, 6) is 0. The van der Waals surface area contributed by atoms with Gasteiger partial charge in [-0.15, -0.1) is 0 Å². The summed E-state index contributed by atoms with van der Waals surface area (Å²) < 4.78 is 0. The predicted octanol–water partition coefficient (Wildman–Crippen LogP) is 2.34. The van der Waals surface area contributed by atoms with Crippen LogP contribution < -0.4 is 5.32 Å². The van der Waals surface area contributed by atoms with Gasteiger partial charge in [-0.3, -0.25) is 9.88 Å². The molecule has 1 fully saturated rings. The molecule has 0 aliphatic carbocycles. The van der Waals surface area contributed by atoms with E-state index in [1.165, 1.54) is 23.9 Å². The topological polar surface area (TPSA) is 28.2 Å². The highest BCUT2D eigenvalue weighted by Gasteiger charge is 2.09. The first-order chi connectivity index (χ1) is 9.31. The van der Waals surface area contributed by atoms with Gasteiger partial charge in [0.05, 0.1) is 5.52 Å². The average molecular weight is 255 g/mol. The van der Waals surface area contributed by atoms with Crippen LogP contribution in [0.4, 0.5) is 0 Å². The molecule has 3 rings (SSSR count). The molecule has 1 N–H and O–H groups in total. The second kappa shape index (κ2) is 5.68. The molecule has 0 saturated carbocycles. The van der Waals surface area contributed by atoms with Crippen molar-refractivity contribution >= 4 is 10.9 Å². The van der Waals surface area contributed by atoms with Gasteiger partial charge in [-0.2, -0.15) is 0 Å². The fraction of sp³-hybridized carbons (Fsp3) is 0.438. The molecule has 0 unspecified atom stereocenters. The molecule has 2 aromatic rings. The third kappa shape index (κ3) is 3.11. The van der Waals surface area contributed by atoms with E-state index in [4.69, 9.17) is 0 Å². The van der Waals surface area contributed by atoms with Crippen molar-refractivity contribution < 1.29 is 0 Å². The minimum absolute atomic E-state index is 1.05. The molecule has 0 atom stereocenters. The summed E-state index contributed by atoms with van der Waals surface area (Å²) in [5.41, 5.74) is 3.57. The van der Waals surface area contributed by atoms with Crippen LogP contribution in [0.25, 0.3) is 10.9 Å². The summed E-state index contributed by atoms with van der Waals surface area (Å²) in [6.45, 7) is 7.68. The van der Waals surface area contributed by atoms with Crippen molar-refractivity contribution in [3.8, 4) is 0 Å². The van der Waals surface area contributed by atoms with E-state index in [-0.39, 0.29) is 0 Å². The predicted molar refractivity (Wildman–Crippen MR) is 79.2 cm³/mol. The maximum absolute atomic E-state index is 4.55. The number of nitrogens with one attached hydrogen (secondary N) is 1. The lowest BCUT2D eigenvalue weighted by atomic mass is 10.1. The van der Waals surface area contributed by atoms with E-state index in [0.29, 0.717) is 0 Å². The van der Waals surface area contributed by atoms with Gasteiger partial charge in [-0.05, 0) is 50.2 Å². The van der Waals surface area contributed by atoms with E-state index in [1.807, 2.05) is 6.92 Å². The summed E-state index contributed by atoms with van der Waals surface area (Å²) in [6.07, 6.45) is 1.24. The molecule has 0 bridgehead atoms. The maximum Gasteiger partial charge on any atom is 0.0705 e. The summed E-state index contributed by atoms with van der Waals surface area (Å²) in [6, 6.07) is 10.9. The van der Waals surface area contributed by atoms with Crippen LogP contribution in [-0.4, -0.2) is 36.1 Å². The molecule has 2 heterocycles. The number of fused-ring (bicyclic) bond motifs is 1. The Morgan fingerprint density at radius 2 is 2.11 bits per heavy atom. The fourth-order valence-corrected chi connectivity index (χ4v) is 2.69. The van der Waals surface area contributed by atoms with Gasteiger partial charge >= 0.3 is 0 Å².